The molecule has 0 N–H and O–H groups in total. The van der Waals surface area contributed by atoms with Gasteiger partial charge in [0.1, 0.15) is 23.7 Å². The van der Waals surface area contributed by atoms with Crippen LogP contribution < -0.4 is 10.3 Å². The van der Waals surface area contributed by atoms with Gasteiger partial charge in [0, 0.05) is 9.90 Å². The second-order valence-corrected chi connectivity index (χ2v) is 9.34. The lowest BCUT2D eigenvalue weighted by Gasteiger charge is -2.16. The Morgan fingerprint density at radius 3 is 2.88 bits per heavy atom. The lowest BCUT2D eigenvalue weighted by molar-refractivity contribution is -0.152. The van der Waals surface area contributed by atoms with E-state index < -0.39 is 12.1 Å². The highest BCUT2D eigenvalue weighted by atomic mass is 35.5. The summed E-state index contributed by atoms with van der Waals surface area (Å²) in [6.07, 6.45) is 2.94. The number of benzene rings is 1. The van der Waals surface area contributed by atoms with E-state index >= 15 is 0 Å². The van der Waals surface area contributed by atoms with Crippen molar-refractivity contribution in [3.8, 4) is 11.8 Å². The zero-order chi connectivity index (χ0) is 22.8. The molecule has 1 aromatic carbocycles. The molecule has 1 aliphatic carbocycles. The van der Waals surface area contributed by atoms with E-state index in [1.54, 1.807) is 12.1 Å². The molecule has 3 aromatic rings. The fourth-order valence-corrected chi connectivity index (χ4v) is 5.41. The number of rotatable bonds is 6. The molecular formula is C22H19Cl2N3O4S. The predicted molar refractivity (Wildman–Crippen MR) is 122 cm³/mol. The third-order valence-corrected chi connectivity index (χ3v) is 6.97. The molecule has 0 amide bonds. The van der Waals surface area contributed by atoms with Gasteiger partial charge in [0.2, 0.25) is 0 Å². The van der Waals surface area contributed by atoms with E-state index in [-0.39, 0.29) is 29.6 Å². The van der Waals surface area contributed by atoms with Crippen molar-refractivity contribution < 1.29 is 14.3 Å². The van der Waals surface area contributed by atoms with Gasteiger partial charge >= 0.3 is 5.97 Å². The number of aryl methyl sites for hydroxylation is 2. The Balaban J connectivity index is 1.55. The molecule has 0 saturated carbocycles. The molecule has 0 fully saturated rings. The van der Waals surface area contributed by atoms with Crippen LogP contribution in [-0.4, -0.2) is 21.6 Å². The van der Waals surface area contributed by atoms with Gasteiger partial charge in [0.15, 0.2) is 11.9 Å². The number of carbonyl (C=O) groups is 1. The van der Waals surface area contributed by atoms with Crippen LogP contribution in [0.4, 0.5) is 0 Å². The van der Waals surface area contributed by atoms with E-state index in [4.69, 9.17) is 32.7 Å². The normalized spacial score (nSPS) is 13.9. The molecule has 4 rings (SSSR count). The van der Waals surface area contributed by atoms with Gasteiger partial charge in [-0.1, -0.05) is 23.2 Å². The summed E-state index contributed by atoms with van der Waals surface area (Å²) in [6, 6.07) is 6.66. The lowest BCUT2D eigenvalue weighted by atomic mass is 9.97. The molecule has 2 heterocycles. The van der Waals surface area contributed by atoms with Crippen LogP contribution >= 0.6 is 34.5 Å². The molecular weight excluding hydrogens is 473 g/mol. The maximum atomic E-state index is 13.1. The Morgan fingerprint density at radius 1 is 1.34 bits per heavy atom. The molecule has 0 radical (unpaired) electrons. The van der Waals surface area contributed by atoms with Crippen LogP contribution in [0.2, 0.25) is 10.0 Å². The third-order valence-electron chi connectivity index (χ3n) is 5.26. The minimum atomic E-state index is -0.956. The highest BCUT2D eigenvalue weighted by Gasteiger charge is 2.23. The predicted octanol–water partition coefficient (Wildman–Crippen LogP) is 4.68. The summed E-state index contributed by atoms with van der Waals surface area (Å²) >= 11 is 13.5. The smallest absolute Gasteiger partial charge is 0.347 e. The number of thiophene rings is 1. The second-order valence-electron chi connectivity index (χ2n) is 7.41. The molecule has 2 aromatic heterocycles. The molecule has 10 heteroatoms. The fraction of sp³-hybridized carbons (Fsp3) is 0.364. The number of hydrogen-bond donors (Lipinski definition) is 0. The van der Waals surface area contributed by atoms with Crippen molar-refractivity contribution in [2.24, 2.45) is 0 Å². The maximum absolute atomic E-state index is 13.1. The number of fused-ring (bicyclic) bond motifs is 3. The van der Waals surface area contributed by atoms with E-state index in [1.807, 2.05) is 6.07 Å². The van der Waals surface area contributed by atoms with E-state index in [1.165, 1.54) is 33.8 Å². The van der Waals surface area contributed by atoms with Crippen molar-refractivity contribution in [2.45, 2.75) is 51.9 Å². The molecule has 0 unspecified atom stereocenters. The third kappa shape index (κ3) is 4.46. The van der Waals surface area contributed by atoms with E-state index in [2.05, 4.69) is 4.98 Å². The van der Waals surface area contributed by atoms with Gasteiger partial charge < -0.3 is 9.47 Å². The van der Waals surface area contributed by atoms with Crippen molar-refractivity contribution in [1.82, 2.24) is 9.55 Å². The van der Waals surface area contributed by atoms with Gasteiger partial charge in [0.25, 0.3) is 5.56 Å². The standard InChI is InChI=1S/C22H19Cl2N3O4S/c1-12(31-16-7-6-13(23)10-15(16)24)22(29)30-11-18-26-20-19(21(28)27(18)9-8-25)14-4-2-3-5-17(14)32-20/h6-7,10,12H,2-5,9,11H2,1H3/t12-/m0/s1. The first-order valence-electron chi connectivity index (χ1n) is 10.1. The monoisotopic (exact) mass is 491 g/mol. The molecule has 0 spiro atoms. The van der Waals surface area contributed by atoms with Crippen molar-refractivity contribution in [3.05, 3.63) is 54.9 Å². The lowest BCUT2D eigenvalue weighted by Crippen LogP contribution is -2.29. The number of carbonyl (C=O) groups excluding carboxylic acids is 1. The first-order valence-corrected chi connectivity index (χ1v) is 11.7. The van der Waals surface area contributed by atoms with E-state index in [9.17, 15) is 14.9 Å². The highest BCUT2D eigenvalue weighted by molar-refractivity contribution is 7.18. The van der Waals surface area contributed by atoms with Crippen molar-refractivity contribution in [3.63, 3.8) is 0 Å². The highest BCUT2D eigenvalue weighted by Crippen LogP contribution is 2.34. The maximum Gasteiger partial charge on any atom is 0.347 e. The van der Waals surface area contributed by atoms with Gasteiger partial charge in [0.05, 0.1) is 16.5 Å². The summed E-state index contributed by atoms with van der Waals surface area (Å²) in [5, 5.41) is 10.5. The number of hydrogen-bond acceptors (Lipinski definition) is 7. The number of nitrogens with zero attached hydrogens (tertiary/aromatic N) is 3. The van der Waals surface area contributed by atoms with Crippen LogP contribution in [0.1, 0.15) is 36.0 Å². The van der Waals surface area contributed by atoms with Crippen LogP contribution in [0.15, 0.2) is 23.0 Å². The minimum Gasteiger partial charge on any atom is -0.477 e. The number of esters is 1. The summed E-state index contributed by atoms with van der Waals surface area (Å²) in [6.45, 7) is 1.10. The van der Waals surface area contributed by atoms with Gasteiger partial charge in [-0.25, -0.2) is 9.78 Å². The first-order chi connectivity index (χ1) is 15.4. The number of aromatic nitrogens is 2. The largest absolute Gasteiger partial charge is 0.477 e. The molecule has 32 heavy (non-hydrogen) atoms. The molecule has 0 aliphatic heterocycles. The van der Waals surface area contributed by atoms with Crippen LogP contribution in [0.5, 0.6) is 5.75 Å². The fourth-order valence-electron chi connectivity index (χ4n) is 3.69. The summed E-state index contributed by atoms with van der Waals surface area (Å²) in [5.74, 6) is -0.127. The Morgan fingerprint density at radius 2 is 2.12 bits per heavy atom. The molecule has 1 atom stereocenters. The zero-order valence-corrected chi connectivity index (χ0v) is 19.5. The summed E-state index contributed by atoms with van der Waals surface area (Å²) in [5.41, 5.74) is 0.782. The number of ether oxygens (including phenoxy) is 2. The van der Waals surface area contributed by atoms with Gasteiger partial charge in [-0.2, -0.15) is 5.26 Å². The summed E-state index contributed by atoms with van der Waals surface area (Å²) < 4.78 is 12.2. The SMILES string of the molecule is C[C@H](Oc1ccc(Cl)cc1Cl)C(=O)OCc1nc2sc3c(c2c(=O)n1CC#N)CCCC3. The minimum absolute atomic E-state index is 0.175. The van der Waals surface area contributed by atoms with Crippen LogP contribution in [0.3, 0.4) is 0 Å². The summed E-state index contributed by atoms with van der Waals surface area (Å²) in [7, 11) is 0. The Kier molecular flexibility index (Phi) is 6.70. The van der Waals surface area contributed by atoms with Crippen LogP contribution in [0.25, 0.3) is 10.2 Å². The van der Waals surface area contributed by atoms with E-state index in [0.29, 0.717) is 21.0 Å². The Hall–Kier alpha value is -2.60. The van der Waals surface area contributed by atoms with Gasteiger partial charge in [-0.15, -0.1) is 11.3 Å². The molecule has 0 bridgehead atoms. The average molecular weight is 492 g/mol. The number of nitriles is 1. The molecule has 0 saturated heterocycles. The topological polar surface area (TPSA) is 94.2 Å². The van der Waals surface area contributed by atoms with Gasteiger partial charge in [-0.3, -0.25) is 9.36 Å². The van der Waals surface area contributed by atoms with Crippen LogP contribution in [0, 0.1) is 11.3 Å². The van der Waals surface area contributed by atoms with Gasteiger partial charge in [-0.05, 0) is 56.4 Å². The first kappa shape index (κ1) is 22.6. The van der Waals surface area contributed by atoms with E-state index in [0.717, 1.165) is 31.2 Å². The quantitative estimate of drug-likeness (QED) is 0.464. The average Bonchev–Trinajstić information content (AvgIpc) is 3.14. The Labute approximate surface area is 198 Å². The van der Waals surface area contributed by atoms with Crippen molar-refractivity contribution >= 4 is 50.7 Å². The van der Waals surface area contributed by atoms with Crippen molar-refractivity contribution in [1.29, 1.82) is 5.26 Å². The molecule has 7 nitrogen and oxygen atoms in total. The number of halogens is 2. The summed E-state index contributed by atoms with van der Waals surface area (Å²) in [4.78, 5) is 32.0. The Bertz CT molecular complexity index is 1300. The van der Waals surface area contributed by atoms with Crippen molar-refractivity contribution in [2.75, 3.05) is 0 Å². The molecule has 1 aliphatic rings. The van der Waals surface area contributed by atoms with Crippen LogP contribution in [-0.2, 0) is 35.5 Å². The second kappa shape index (κ2) is 9.49. The molecule has 166 valence electrons. The zero-order valence-electron chi connectivity index (χ0n) is 17.2.